The smallest absolute Gasteiger partial charge is 0.281 e. The number of halogens is 1. The first-order chi connectivity index (χ1) is 9.88. The number of rotatable bonds is 3. The van der Waals surface area contributed by atoms with E-state index in [1.165, 1.54) is 15.7 Å². The third-order valence-electron chi connectivity index (χ3n) is 2.86. The van der Waals surface area contributed by atoms with Gasteiger partial charge in [0.05, 0.1) is 5.69 Å². The normalized spacial score (nSPS) is 11.9. The summed E-state index contributed by atoms with van der Waals surface area (Å²) in [6, 6.07) is 5.41. The predicted octanol–water partition coefficient (Wildman–Crippen LogP) is 2.85. The van der Waals surface area contributed by atoms with E-state index < -0.39 is 10.0 Å². The van der Waals surface area contributed by atoms with Crippen LogP contribution in [0.4, 0.5) is 11.5 Å². The van der Waals surface area contributed by atoms with Gasteiger partial charge in [-0.2, -0.15) is 8.42 Å². The van der Waals surface area contributed by atoms with Crippen LogP contribution in [0.3, 0.4) is 0 Å². The van der Waals surface area contributed by atoms with Crippen LogP contribution in [0.2, 0.25) is 0 Å². The molecular weight excluding hydrogens is 376 g/mol. The molecule has 0 aliphatic carbocycles. The van der Waals surface area contributed by atoms with E-state index in [-0.39, 0.29) is 10.8 Å². The largest absolute Gasteiger partial charge is 0.381 e. The number of fused-ring (bicyclic) bond motifs is 1. The van der Waals surface area contributed by atoms with Crippen molar-refractivity contribution in [3.05, 3.63) is 39.8 Å². The summed E-state index contributed by atoms with van der Waals surface area (Å²) in [5.41, 5.74) is 7.15. The summed E-state index contributed by atoms with van der Waals surface area (Å²) in [6.45, 7) is 1.88. The van der Waals surface area contributed by atoms with Gasteiger partial charge in [0, 0.05) is 16.0 Å². The van der Waals surface area contributed by atoms with E-state index >= 15 is 0 Å². The summed E-state index contributed by atoms with van der Waals surface area (Å²) in [4.78, 5) is 4.59. The molecule has 0 aliphatic heterocycles. The van der Waals surface area contributed by atoms with Gasteiger partial charge in [0.25, 0.3) is 10.0 Å². The monoisotopic (exact) mass is 386 g/mol. The van der Waals surface area contributed by atoms with Crippen molar-refractivity contribution in [1.29, 1.82) is 0 Å². The number of benzene rings is 1. The van der Waals surface area contributed by atoms with Crippen LogP contribution in [0.5, 0.6) is 0 Å². The second-order valence-corrected chi connectivity index (χ2v) is 7.77. The Hall–Kier alpha value is -1.58. The topological polar surface area (TPSA) is 89.5 Å². The number of aromatic nitrogens is 2. The summed E-state index contributed by atoms with van der Waals surface area (Å²) in [5, 5.41) is 1.70. The molecule has 9 heteroatoms. The first-order valence-corrected chi connectivity index (χ1v) is 9.04. The lowest BCUT2D eigenvalue weighted by Crippen LogP contribution is -2.16. The highest BCUT2D eigenvalue weighted by Crippen LogP contribution is 2.29. The van der Waals surface area contributed by atoms with E-state index in [0.29, 0.717) is 15.1 Å². The molecule has 0 radical (unpaired) electrons. The highest BCUT2D eigenvalue weighted by atomic mass is 79.9. The van der Waals surface area contributed by atoms with Crippen LogP contribution in [0.1, 0.15) is 5.56 Å². The molecular formula is C12H11BrN4O2S2. The van der Waals surface area contributed by atoms with Gasteiger partial charge in [-0.3, -0.25) is 9.12 Å². The Bertz CT molecular complexity index is 930. The van der Waals surface area contributed by atoms with E-state index in [2.05, 4.69) is 25.6 Å². The van der Waals surface area contributed by atoms with Crippen LogP contribution in [-0.4, -0.2) is 17.8 Å². The minimum Gasteiger partial charge on any atom is -0.381 e. The highest BCUT2D eigenvalue weighted by Gasteiger charge is 2.25. The molecule has 3 rings (SSSR count). The fourth-order valence-electron chi connectivity index (χ4n) is 1.96. The van der Waals surface area contributed by atoms with Gasteiger partial charge in [0.15, 0.2) is 10.8 Å². The average molecular weight is 387 g/mol. The number of hydrogen-bond donors (Lipinski definition) is 2. The lowest BCUT2D eigenvalue weighted by Gasteiger charge is -2.10. The minimum atomic E-state index is -3.83. The molecule has 110 valence electrons. The number of thiazole rings is 1. The highest BCUT2D eigenvalue weighted by molar-refractivity contribution is 9.10. The van der Waals surface area contributed by atoms with Crippen LogP contribution in [0.15, 0.2) is 39.3 Å². The molecule has 0 unspecified atom stereocenters. The Kier molecular flexibility index (Phi) is 3.42. The van der Waals surface area contributed by atoms with Crippen molar-refractivity contribution in [2.45, 2.75) is 11.9 Å². The minimum absolute atomic E-state index is 0.0156. The van der Waals surface area contributed by atoms with Gasteiger partial charge >= 0.3 is 0 Å². The predicted molar refractivity (Wildman–Crippen MR) is 87.2 cm³/mol. The maximum absolute atomic E-state index is 12.6. The van der Waals surface area contributed by atoms with E-state index in [1.807, 2.05) is 13.0 Å². The first kappa shape index (κ1) is 14.4. The maximum Gasteiger partial charge on any atom is 0.281 e. The number of nitrogens with zero attached hydrogens (tertiary/aromatic N) is 2. The molecule has 2 heterocycles. The number of sulfonamides is 1. The molecule has 0 saturated carbocycles. The van der Waals surface area contributed by atoms with Crippen LogP contribution < -0.4 is 10.5 Å². The van der Waals surface area contributed by atoms with Crippen LogP contribution in [0, 0.1) is 6.92 Å². The maximum atomic E-state index is 12.6. The lowest BCUT2D eigenvalue weighted by atomic mass is 10.2. The molecule has 0 bridgehead atoms. The molecule has 3 N–H and O–H groups in total. The molecule has 21 heavy (non-hydrogen) atoms. The number of hydrogen-bond acceptors (Lipinski definition) is 5. The van der Waals surface area contributed by atoms with Gasteiger partial charge in [-0.05, 0) is 40.5 Å². The fraction of sp³-hybridized carbons (Fsp3) is 0.0833. The number of imidazole rings is 1. The van der Waals surface area contributed by atoms with Crippen molar-refractivity contribution in [3.8, 4) is 0 Å². The Morgan fingerprint density at radius 3 is 2.95 bits per heavy atom. The van der Waals surface area contributed by atoms with Crippen molar-refractivity contribution < 1.29 is 8.42 Å². The van der Waals surface area contributed by atoms with Crippen LogP contribution in [0.25, 0.3) is 4.96 Å². The van der Waals surface area contributed by atoms with E-state index in [9.17, 15) is 8.42 Å². The number of nitrogen functional groups attached to an aromatic ring is 1. The third-order valence-corrected chi connectivity index (χ3v) is 5.72. The fourth-order valence-corrected chi connectivity index (χ4v) is 4.50. The van der Waals surface area contributed by atoms with Crippen molar-refractivity contribution in [2.24, 2.45) is 0 Å². The Morgan fingerprint density at radius 2 is 2.19 bits per heavy atom. The van der Waals surface area contributed by atoms with Crippen molar-refractivity contribution in [3.63, 3.8) is 0 Å². The van der Waals surface area contributed by atoms with Crippen LogP contribution in [-0.2, 0) is 10.0 Å². The van der Waals surface area contributed by atoms with Gasteiger partial charge in [-0.25, -0.2) is 4.98 Å². The van der Waals surface area contributed by atoms with Gasteiger partial charge in [0.1, 0.15) is 0 Å². The molecule has 0 amide bonds. The van der Waals surface area contributed by atoms with Gasteiger partial charge < -0.3 is 5.73 Å². The Morgan fingerprint density at radius 1 is 1.43 bits per heavy atom. The molecule has 1 aromatic carbocycles. The molecule has 0 atom stereocenters. The zero-order chi connectivity index (χ0) is 15.2. The average Bonchev–Trinajstić information content (AvgIpc) is 2.92. The molecule has 0 spiro atoms. The van der Waals surface area contributed by atoms with Gasteiger partial charge in [-0.15, -0.1) is 11.3 Å². The first-order valence-electron chi connectivity index (χ1n) is 5.88. The molecule has 0 fully saturated rings. The summed E-state index contributed by atoms with van der Waals surface area (Å²) in [5.74, 6) is -0.0156. The molecule has 3 aromatic rings. The van der Waals surface area contributed by atoms with Crippen molar-refractivity contribution in [1.82, 2.24) is 9.38 Å². The van der Waals surface area contributed by atoms with Gasteiger partial charge in [-0.1, -0.05) is 6.07 Å². The summed E-state index contributed by atoms with van der Waals surface area (Å²) in [7, 11) is -3.83. The van der Waals surface area contributed by atoms with Crippen LogP contribution >= 0.6 is 27.3 Å². The second kappa shape index (κ2) is 5.00. The summed E-state index contributed by atoms with van der Waals surface area (Å²) in [6.07, 6.45) is 1.63. The Labute approximate surface area is 133 Å². The number of anilines is 2. The van der Waals surface area contributed by atoms with Crippen molar-refractivity contribution in [2.75, 3.05) is 10.5 Å². The number of nitrogens with two attached hydrogens (primary N) is 1. The summed E-state index contributed by atoms with van der Waals surface area (Å²) >= 11 is 4.65. The molecule has 0 saturated heterocycles. The van der Waals surface area contributed by atoms with Gasteiger partial charge in [0.2, 0.25) is 5.03 Å². The van der Waals surface area contributed by atoms with E-state index in [1.54, 1.807) is 23.7 Å². The number of aryl methyl sites for hydroxylation is 1. The standard InChI is InChI=1S/C12H11BrN4O2S2/c1-7-2-3-8(13)9(6-7)16-21(18,19)11-10(14)15-12-17(11)4-5-20-12/h2-6,16H,14H2,1H3. The lowest BCUT2D eigenvalue weighted by molar-refractivity contribution is 0.597. The molecule has 6 nitrogen and oxygen atoms in total. The zero-order valence-corrected chi connectivity index (χ0v) is 14.1. The summed E-state index contributed by atoms with van der Waals surface area (Å²) < 4.78 is 29.8. The quantitative estimate of drug-likeness (QED) is 0.723. The molecule has 0 aliphatic rings. The Balaban J connectivity index is 2.10. The van der Waals surface area contributed by atoms with E-state index in [4.69, 9.17) is 5.73 Å². The third kappa shape index (κ3) is 2.52. The zero-order valence-electron chi connectivity index (χ0n) is 10.9. The van der Waals surface area contributed by atoms with E-state index in [0.717, 1.165) is 5.56 Å². The molecule has 2 aromatic heterocycles. The number of nitrogens with one attached hydrogen (secondary N) is 1. The van der Waals surface area contributed by atoms with Crippen molar-refractivity contribution >= 4 is 53.8 Å². The SMILES string of the molecule is Cc1ccc(Br)c(NS(=O)(=O)c2c(N)nc3sccn23)c1. The second-order valence-electron chi connectivity index (χ2n) is 4.45.